The lowest BCUT2D eigenvalue weighted by atomic mass is 9.90. The van der Waals surface area contributed by atoms with Crippen LogP contribution in [0.1, 0.15) is 33.1 Å². The number of methoxy groups -OCH3 is 1. The van der Waals surface area contributed by atoms with Crippen molar-refractivity contribution in [2.45, 2.75) is 38.6 Å². The van der Waals surface area contributed by atoms with Gasteiger partial charge in [-0.3, -0.25) is 0 Å². The van der Waals surface area contributed by atoms with Crippen molar-refractivity contribution in [2.75, 3.05) is 12.4 Å². The SMILES string of the molecule is CCCC(CC)(Nc1cccc(Br)c1)C(=O)OC. The lowest BCUT2D eigenvalue weighted by molar-refractivity contribution is -0.146. The van der Waals surface area contributed by atoms with E-state index in [9.17, 15) is 4.79 Å². The molecule has 0 saturated carbocycles. The Morgan fingerprint density at radius 1 is 1.44 bits per heavy atom. The highest BCUT2D eigenvalue weighted by Gasteiger charge is 2.36. The predicted octanol–water partition coefficient (Wildman–Crippen LogP) is 3.98. The van der Waals surface area contributed by atoms with Crippen LogP contribution < -0.4 is 5.32 Å². The molecule has 1 aromatic carbocycles. The molecule has 0 aromatic heterocycles. The van der Waals surface area contributed by atoms with Crippen LogP contribution in [0.2, 0.25) is 0 Å². The van der Waals surface area contributed by atoms with Crippen molar-refractivity contribution in [3.63, 3.8) is 0 Å². The molecule has 0 heterocycles. The summed E-state index contributed by atoms with van der Waals surface area (Å²) in [7, 11) is 1.44. The Labute approximate surface area is 117 Å². The average Bonchev–Trinajstić information content (AvgIpc) is 2.37. The summed E-state index contributed by atoms with van der Waals surface area (Å²) in [6.07, 6.45) is 2.37. The number of benzene rings is 1. The average molecular weight is 314 g/mol. The van der Waals surface area contributed by atoms with Crippen LogP contribution in [0.3, 0.4) is 0 Å². The monoisotopic (exact) mass is 313 g/mol. The molecule has 0 aliphatic carbocycles. The highest BCUT2D eigenvalue weighted by atomic mass is 79.9. The Morgan fingerprint density at radius 2 is 2.17 bits per heavy atom. The van der Waals surface area contributed by atoms with E-state index >= 15 is 0 Å². The number of ether oxygens (including phenoxy) is 1. The number of hydrogen-bond acceptors (Lipinski definition) is 3. The minimum Gasteiger partial charge on any atom is -0.467 e. The van der Waals surface area contributed by atoms with Gasteiger partial charge in [-0.1, -0.05) is 42.3 Å². The Bertz CT molecular complexity index is 409. The fourth-order valence-corrected chi connectivity index (χ4v) is 2.49. The second-order valence-corrected chi connectivity index (χ2v) is 5.23. The maximum Gasteiger partial charge on any atom is 0.331 e. The molecule has 1 aromatic rings. The van der Waals surface area contributed by atoms with Gasteiger partial charge in [0.05, 0.1) is 7.11 Å². The van der Waals surface area contributed by atoms with E-state index in [2.05, 4.69) is 28.2 Å². The maximum absolute atomic E-state index is 12.0. The Hall–Kier alpha value is -1.03. The molecule has 18 heavy (non-hydrogen) atoms. The van der Waals surface area contributed by atoms with Gasteiger partial charge >= 0.3 is 5.97 Å². The quantitative estimate of drug-likeness (QED) is 0.807. The van der Waals surface area contributed by atoms with Gasteiger partial charge in [-0.25, -0.2) is 4.79 Å². The van der Waals surface area contributed by atoms with Gasteiger partial charge in [0, 0.05) is 10.2 Å². The summed E-state index contributed by atoms with van der Waals surface area (Å²) in [5, 5.41) is 3.33. The number of halogens is 1. The third-order valence-corrected chi connectivity index (χ3v) is 3.56. The van der Waals surface area contributed by atoms with Crippen LogP contribution in [0.5, 0.6) is 0 Å². The van der Waals surface area contributed by atoms with Crippen LogP contribution in [-0.4, -0.2) is 18.6 Å². The van der Waals surface area contributed by atoms with Gasteiger partial charge in [0.25, 0.3) is 0 Å². The first-order chi connectivity index (χ1) is 8.57. The summed E-state index contributed by atoms with van der Waals surface area (Å²) in [5.41, 5.74) is 0.287. The molecule has 1 unspecified atom stereocenters. The summed E-state index contributed by atoms with van der Waals surface area (Å²) in [6.45, 7) is 4.06. The molecule has 0 saturated heterocycles. The fourth-order valence-electron chi connectivity index (χ4n) is 2.09. The van der Waals surface area contributed by atoms with Gasteiger partial charge < -0.3 is 10.1 Å². The first-order valence-corrected chi connectivity index (χ1v) is 6.99. The zero-order valence-electron chi connectivity index (χ0n) is 11.1. The minimum absolute atomic E-state index is 0.202. The summed E-state index contributed by atoms with van der Waals surface area (Å²) in [6, 6.07) is 7.81. The molecular weight excluding hydrogens is 294 g/mol. The normalized spacial score (nSPS) is 13.8. The molecule has 1 rings (SSSR count). The van der Waals surface area contributed by atoms with Crippen LogP contribution in [0.25, 0.3) is 0 Å². The van der Waals surface area contributed by atoms with Crippen LogP contribution in [0.4, 0.5) is 5.69 Å². The van der Waals surface area contributed by atoms with Crippen LogP contribution in [0, 0.1) is 0 Å². The van der Waals surface area contributed by atoms with E-state index in [-0.39, 0.29) is 5.97 Å². The van der Waals surface area contributed by atoms with E-state index < -0.39 is 5.54 Å². The first-order valence-electron chi connectivity index (χ1n) is 6.20. The number of anilines is 1. The van der Waals surface area contributed by atoms with E-state index in [0.29, 0.717) is 6.42 Å². The lowest BCUT2D eigenvalue weighted by Gasteiger charge is -2.31. The van der Waals surface area contributed by atoms with Gasteiger partial charge in [-0.15, -0.1) is 0 Å². The smallest absolute Gasteiger partial charge is 0.331 e. The molecule has 0 aliphatic rings. The third-order valence-electron chi connectivity index (χ3n) is 3.06. The van der Waals surface area contributed by atoms with Gasteiger partial charge in [0.1, 0.15) is 5.54 Å². The predicted molar refractivity (Wildman–Crippen MR) is 77.7 cm³/mol. The topological polar surface area (TPSA) is 38.3 Å². The number of rotatable bonds is 6. The molecule has 100 valence electrons. The second kappa shape index (κ2) is 6.78. The number of carbonyl (C=O) groups is 1. The second-order valence-electron chi connectivity index (χ2n) is 4.31. The van der Waals surface area contributed by atoms with Crippen LogP contribution in [-0.2, 0) is 9.53 Å². The first kappa shape index (κ1) is 15.0. The van der Waals surface area contributed by atoms with Gasteiger partial charge in [0.15, 0.2) is 0 Å². The molecule has 3 nitrogen and oxygen atoms in total. The number of carbonyl (C=O) groups excluding carboxylic acids is 1. The van der Waals surface area contributed by atoms with Gasteiger partial charge in [-0.2, -0.15) is 0 Å². The third kappa shape index (κ3) is 3.48. The molecule has 0 radical (unpaired) electrons. The van der Waals surface area contributed by atoms with E-state index in [4.69, 9.17) is 4.74 Å². The molecule has 0 fully saturated rings. The highest BCUT2D eigenvalue weighted by Crippen LogP contribution is 2.26. The van der Waals surface area contributed by atoms with Crippen LogP contribution >= 0.6 is 15.9 Å². The summed E-state index contributed by atoms with van der Waals surface area (Å²) in [5.74, 6) is -0.202. The molecule has 0 spiro atoms. The lowest BCUT2D eigenvalue weighted by Crippen LogP contribution is -2.46. The molecular formula is C14H20BrNO2. The van der Waals surface area contributed by atoms with E-state index in [1.54, 1.807) is 0 Å². The Morgan fingerprint density at radius 3 is 2.67 bits per heavy atom. The standard InChI is InChI=1S/C14H20BrNO2/c1-4-9-14(5-2,13(17)18-3)16-12-8-6-7-11(15)10-12/h6-8,10,16H,4-5,9H2,1-3H3. The molecule has 0 aliphatic heterocycles. The van der Waals surface area contributed by atoms with Gasteiger partial charge in [-0.05, 0) is 31.0 Å². The zero-order valence-corrected chi connectivity index (χ0v) is 12.7. The Kier molecular flexibility index (Phi) is 5.66. The van der Waals surface area contributed by atoms with Gasteiger partial charge in [0.2, 0.25) is 0 Å². The van der Waals surface area contributed by atoms with Crippen molar-refractivity contribution in [1.82, 2.24) is 0 Å². The fraction of sp³-hybridized carbons (Fsp3) is 0.500. The number of nitrogens with one attached hydrogen (secondary N) is 1. The molecule has 4 heteroatoms. The highest BCUT2D eigenvalue weighted by molar-refractivity contribution is 9.10. The Balaban J connectivity index is 3.00. The summed E-state index contributed by atoms with van der Waals surface area (Å²) in [4.78, 5) is 12.0. The van der Waals surface area contributed by atoms with Crippen molar-refractivity contribution in [3.8, 4) is 0 Å². The van der Waals surface area contributed by atoms with Crippen molar-refractivity contribution < 1.29 is 9.53 Å². The molecule has 1 N–H and O–H groups in total. The zero-order chi connectivity index (χ0) is 13.6. The summed E-state index contributed by atoms with van der Waals surface area (Å²) >= 11 is 3.43. The van der Waals surface area contributed by atoms with E-state index in [1.165, 1.54) is 7.11 Å². The maximum atomic E-state index is 12.0. The molecule has 0 amide bonds. The summed E-state index contributed by atoms with van der Waals surface area (Å²) < 4.78 is 5.93. The number of esters is 1. The van der Waals surface area contributed by atoms with Crippen molar-refractivity contribution in [2.24, 2.45) is 0 Å². The van der Waals surface area contributed by atoms with Crippen molar-refractivity contribution in [1.29, 1.82) is 0 Å². The van der Waals surface area contributed by atoms with Crippen molar-refractivity contribution in [3.05, 3.63) is 28.7 Å². The van der Waals surface area contributed by atoms with Crippen molar-refractivity contribution >= 4 is 27.6 Å². The van der Waals surface area contributed by atoms with E-state index in [0.717, 1.165) is 23.0 Å². The van der Waals surface area contributed by atoms with E-state index in [1.807, 2.05) is 31.2 Å². The minimum atomic E-state index is -0.635. The largest absolute Gasteiger partial charge is 0.467 e. The molecule has 1 atom stereocenters. The molecule has 0 bridgehead atoms. The number of hydrogen-bond donors (Lipinski definition) is 1. The van der Waals surface area contributed by atoms with Crippen LogP contribution in [0.15, 0.2) is 28.7 Å².